The van der Waals surface area contributed by atoms with E-state index in [0.717, 1.165) is 6.07 Å². The summed E-state index contributed by atoms with van der Waals surface area (Å²) in [5.41, 5.74) is 12.4. The molecule has 1 saturated carbocycles. The van der Waals surface area contributed by atoms with E-state index in [9.17, 15) is 27.1 Å². The summed E-state index contributed by atoms with van der Waals surface area (Å²) >= 11 is 0. The molecule has 1 aliphatic heterocycles. The van der Waals surface area contributed by atoms with Crippen molar-refractivity contribution in [2.75, 3.05) is 17.2 Å². The van der Waals surface area contributed by atoms with Gasteiger partial charge in [-0.15, -0.1) is 0 Å². The molecule has 3 aromatic heterocycles. The molecular formula is C26H25F5N8O. The highest BCUT2D eigenvalue weighted by atomic mass is 19.3. The number of piperidine rings is 1. The molecule has 210 valence electrons. The predicted octanol–water partition coefficient (Wildman–Crippen LogP) is 3.39. The first-order valence-electron chi connectivity index (χ1n) is 12.7. The summed E-state index contributed by atoms with van der Waals surface area (Å²) in [6.45, 7) is 0.540. The van der Waals surface area contributed by atoms with E-state index >= 15 is 0 Å². The van der Waals surface area contributed by atoms with Crippen LogP contribution in [0.15, 0.2) is 37.1 Å². The van der Waals surface area contributed by atoms with Crippen molar-refractivity contribution in [3.63, 3.8) is 0 Å². The van der Waals surface area contributed by atoms with Crippen molar-refractivity contribution in [1.82, 2.24) is 24.5 Å². The van der Waals surface area contributed by atoms with Crippen LogP contribution in [0.25, 0.3) is 22.4 Å². The fourth-order valence-corrected chi connectivity index (χ4v) is 6.00. The van der Waals surface area contributed by atoms with Crippen molar-refractivity contribution in [2.24, 2.45) is 5.73 Å². The van der Waals surface area contributed by atoms with Crippen LogP contribution in [0, 0.1) is 17.5 Å². The van der Waals surface area contributed by atoms with E-state index in [0.29, 0.717) is 41.4 Å². The predicted molar refractivity (Wildman–Crippen MR) is 136 cm³/mol. The molecule has 0 bridgehead atoms. The molecule has 6 rings (SSSR count). The monoisotopic (exact) mass is 560 g/mol. The quantitative estimate of drug-likeness (QED) is 0.256. The molecule has 1 unspecified atom stereocenters. The molecule has 1 saturated heterocycles. The van der Waals surface area contributed by atoms with E-state index in [1.807, 2.05) is 4.90 Å². The van der Waals surface area contributed by atoms with Crippen LogP contribution in [0.4, 0.5) is 33.5 Å². The molecule has 2 aliphatic rings. The van der Waals surface area contributed by atoms with Gasteiger partial charge < -0.3 is 26.0 Å². The Labute approximate surface area is 224 Å². The highest BCUT2D eigenvalue weighted by Gasteiger charge is 2.60. The first kappa shape index (κ1) is 26.3. The van der Waals surface area contributed by atoms with E-state index in [1.165, 1.54) is 24.9 Å². The molecule has 5 N–H and O–H groups in total. The largest absolute Gasteiger partial charge is 0.385 e. The maximum Gasteiger partial charge on any atom is 0.275 e. The molecule has 4 heterocycles. The third-order valence-corrected chi connectivity index (χ3v) is 8.00. The fraction of sp³-hybridized carbons (Fsp3) is 0.385. The second kappa shape index (κ2) is 9.34. The highest BCUT2D eigenvalue weighted by Crippen LogP contribution is 2.46. The van der Waals surface area contributed by atoms with Crippen molar-refractivity contribution in [3.05, 3.63) is 60.1 Å². The van der Waals surface area contributed by atoms with Crippen molar-refractivity contribution in [2.45, 2.75) is 55.8 Å². The molecular weight excluding hydrogens is 535 g/mol. The van der Waals surface area contributed by atoms with E-state index in [-0.39, 0.29) is 36.5 Å². The summed E-state index contributed by atoms with van der Waals surface area (Å²) in [4.78, 5) is 18.6. The zero-order valence-electron chi connectivity index (χ0n) is 21.0. The Bertz CT molecular complexity index is 1610. The van der Waals surface area contributed by atoms with E-state index in [1.54, 1.807) is 4.57 Å². The van der Waals surface area contributed by atoms with Crippen LogP contribution in [0.5, 0.6) is 0 Å². The van der Waals surface area contributed by atoms with Crippen LogP contribution >= 0.6 is 0 Å². The van der Waals surface area contributed by atoms with Crippen LogP contribution in [0.2, 0.25) is 0 Å². The lowest BCUT2D eigenvalue weighted by Gasteiger charge is -2.55. The number of aliphatic hydroxyl groups is 1. The molecule has 40 heavy (non-hydrogen) atoms. The Morgan fingerprint density at radius 1 is 1.00 bits per heavy atom. The number of aromatic nitrogens is 5. The third kappa shape index (κ3) is 4.13. The summed E-state index contributed by atoms with van der Waals surface area (Å²) in [5.74, 6) is -6.73. The normalized spacial score (nSPS) is 24.3. The number of hydrogen-bond donors (Lipinski definition) is 3. The Kier molecular flexibility index (Phi) is 6.14. The van der Waals surface area contributed by atoms with Gasteiger partial charge in [0.1, 0.15) is 23.8 Å². The number of imidazole rings is 1. The Hall–Kier alpha value is -3.91. The van der Waals surface area contributed by atoms with E-state index in [2.05, 4.69) is 19.9 Å². The maximum atomic E-state index is 14.7. The SMILES string of the molecule is Nc1ncnc2c1ncn2Cc1cc(-c2cc(F)c(F)cc2F)ncc1N1CCC[C@@]2(N)C1CCC(F)(F)[C@@H]2O. The van der Waals surface area contributed by atoms with Gasteiger partial charge in [0.05, 0.1) is 36.0 Å². The number of pyridine rings is 1. The smallest absolute Gasteiger partial charge is 0.275 e. The first-order valence-corrected chi connectivity index (χ1v) is 12.7. The summed E-state index contributed by atoms with van der Waals surface area (Å²) in [7, 11) is 0. The highest BCUT2D eigenvalue weighted by molar-refractivity contribution is 5.81. The van der Waals surface area contributed by atoms with Gasteiger partial charge in [-0.2, -0.15) is 0 Å². The number of hydrogen-bond acceptors (Lipinski definition) is 8. The third-order valence-electron chi connectivity index (χ3n) is 8.00. The molecule has 9 nitrogen and oxygen atoms in total. The second-order valence-corrected chi connectivity index (χ2v) is 10.4. The van der Waals surface area contributed by atoms with Crippen molar-refractivity contribution in [3.8, 4) is 11.3 Å². The van der Waals surface area contributed by atoms with Crippen molar-refractivity contribution in [1.29, 1.82) is 0 Å². The molecule has 1 aliphatic carbocycles. The molecule has 14 heteroatoms. The van der Waals surface area contributed by atoms with Crippen LogP contribution in [0.3, 0.4) is 0 Å². The van der Waals surface area contributed by atoms with Gasteiger partial charge in [-0.05, 0) is 37.0 Å². The minimum absolute atomic E-state index is 0.0251. The van der Waals surface area contributed by atoms with Gasteiger partial charge in [-0.3, -0.25) is 4.98 Å². The average molecular weight is 561 g/mol. The van der Waals surface area contributed by atoms with Gasteiger partial charge in [-0.1, -0.05) is 0 Å². The molecule has 3 atom stereocenters. The van der Waals surface area contributed by atoms with Gasteiger partial charge in [0, 0.05) is 30.6 Å². The molecule has 4 aromatic rings. The Morgan fingerprint density at radius 2 is 1.77 bits per heavy atom. The van der Waals surface area contributed by atoms with Crippen LogP contribution in [-0.2, 0) is 6.54 Å². The second-order valence-electron chi connectivity index (χ2n) is 10.4. The maximum absolute atomic E-state index is 14.7. The van der Waals surface area contributed by atoms with Crippen LogP contribution in [0.1, 0.15) is 31.2 Å². The summed E-state index contributed by atoms with van der Waals surface area (Å²) in [6.07, 6.45) is 2.28. The average Bonchev–Trinajstić information content (AvgIpc) is 3.33. The number of rotatable bonds is 4. The number of aliphatic hydroxyl groups excluding tert-OH is 1. The Balaban J connectivity index is 1.48. The molecule has 1 aromatic carbocycles. The number of nitrogens with zero attached hydrogens (tertiary/aromatic N) is 6. The number of alkyl halides is 2. The lowest BCUT2D eigenvalue weighted by Crippen LogP contribution is -2.74. The summed E-state index contributed by atoms with van der Waals surface area (Å²) < 4.78 is 73.0. The number of anilines is 2. The Morgan fingerprint density at radius 3 is 2.58 bits per heavy atom. The first-order chi connectivity index (χ1) is 19.0. The topological polar surface area (TPSA) is 132 Å². The van der Waals surface area contributed by atoms with Crippen LogP contribution < -0.4 is 16.4 Å². The zero-order chi connectivity index (χ0) is 28.4. The van der Waals surface area contributed by atoms with Crippen molar-refractivity contribution >= 4 is 22.7 Å². The lowest BCUT2D eigenvalue weighted by atomic mass is 9.68. The van der Waals surface area contributed by atoms with Gasteiger partial charge in [-0.25, -0.2) is 36.9 Å². The molecule has 0 radical (unpaired) electrons. The fourth-order valence-electron chi connectivity index (χ4n) is 6.00. The van der Waals surface area contributed by atoms with Crippen LogP contribution in [-0.4, -0.2) is 59.8 Å². The number of nitrogens with two attached hydrogens (primary N) is 2. The number of halogens is 5. The van der Waals surface area contributed by atoms with Crippen molar-refractivity contribution < 1.29 is 27.1 Å². The zero-order valence-corrected chi connectivity index (χ0v) is 21.0. The number of fused-ring (bicyclic) bond motifs is 2. The molecule has 0 spiro atoms. The van der Waals surface area contributed by atoms with E-state index in [4.69, 9.17) is 11.5 Å². The van der Waals surface area contributed by atoms with Gasteiger partial charge in [0.2, 0.25) is 0 Å². The van der Waals surface area contributed by atoms with E-state index < -0.39 is 47.5 Å². The minimum Gasteiger partial charge on any atom is -0.385 e. The number of nitrogen functional groups attached to an aromatic ring is 1. The molecule has 0 amide bonds. The van der Waals surface area contributed by atoms with Gasteiger partial charge >= 0.3 is 0 Å². The lowest BCUT2D eigenvalue weighted by molar-refractivity contribution is -0.172. The van der Waals surface area contributed by atoms with Gasteiger partial charge in [0.15, 0.2) is 23.1 Å². The number of benzene rings is 1. The summed E-state index contributed by atoms with van der Waals surface area (Å²) in [6, 6.07) is 2.05. The minimum atomic E-state index is -3.32. The van der Waals surface area contributed by atoms with Gasteiger partial charge in [0.25, 0.3) is 5.92 Å². The summed E-state index contributed by atoms with van der Waals surface area (Å²) in [5, 5.41) is 10.6. The molecule has 2 fully saturated rings. The standard InChI is InChI=1S/C26H25F5N8O/c27-15-8-17(29)16(28)7-14(15)18-6-13(10-38-12-37-21-22(32)35-11-36-23(21)38)19(9-34-18)39-5-1-3-25(33)20(39)2-4-26(30,31)24(25)40/h6-9,11-12,20,24,40H,1-5,10,33H2,(H2,32,35,36)/t20?,24-,25-/m1/s1.